The highest BCUT2D eigenvalue weighted by Gasteiger charge is 2.81. The highest BCUT2D eigenvalue weighted by atomic mass is 28.4. The minimum absolute atomic E-state index is 0.0195. The summed E-state index contributed by atoms with van der Waals surface area (Å²) in [6.07, 6.45) is -19.7. The number of hydrogen-bond donors (Lipinski definition) is 8. The fourth-order valence-electron chi connectivity index (χ4n) is 21.6. The second-order valence-corrected chi connectivity index (χ2v) is 50.0. The first-order chi connectivity index (χ1) is 58.4. The number of ether oxygens (including phenoxy) is 10. The first-order valence-electron chi connectivity index (χ1n) is 44.9. The normalized spacial score (nSPS) is 32.4. The van der Waals surface area contributed by atoms with Gasteiger partial charge >= 0.3 is 48.0 Å². The third kappa shape index (κ3) is 19.3. The molecule has 2 heterocycles. The molecule has 2 aliphatic heterocycles. The van der Waals surface area contributed by atoms with E-state index in [1.165, 1.54) is 32.9 Å². The largest absolute Gasteiger partial charge is 0.456 e. The third-order valence-corrected chi connectivity index (χ3v) is 38.3. The van der Waals surface area contributed by atoms with Crippen LogP contribution in [-0.2, 0) is 85.0 Å². The molecule has 2 aromatic carbocycles. The molecule has 704 valence electrons. The summed E-state index contributed by atoms with van der Waals surface area (Å²) in [5, 5.41) is 81.3. The lowest BCUT2D eigenvalue weighted by Gasteiger charge is -2.68. The Balaban J connectivity index is 0.000000292. The number of Topliss-reactive ketones (excluding diaryl/α,β-unsaturated/α-hetero) is 2. The van der Waals surface area contributed by atoms with Gasteiger partial charge in [-0.2, -0.15) is 0 Å². The SMILES string of the molecule is CC(=O)O[C@@]12CO[C@@H]1C[C@H](O)[C@@]1(C)C(=O)[C@H](O)C3=C(C)[C@@H](OC(=O)C(O)[C@H](CC(C)C)NC(=O)OC(C)(C)C)C[C@@](O)([C@@H](OC(=O)c4ccccc4)[C@H]21)C3(C)C.CC[Si](CC)(CC)OC(C(=O)O[C@H]1C[C@@]2(O)[C@@H](OC(=O)c3ccccc3)[C@@H]3[C@]4(OC(C)=O)CO[C@@H]4C[C@H](O[Si](CC)(CC)CC)[C@@]3(C)C(=O)[C@H](O)C(=C1C)C2(C)C)[C@H](CC(C)C)NC(=O)OC(C)(C)C. The van der Waals surface area contributed by atoms with Crippen molar-refractivity contribution in [3.63, 3.8) is 0 Å². The van der Waals surface area contributed by atoms with E-state index in [0.29, 0.717) is 30.1 Å². The Morgan fingerprint density at radius 1 is 0.524 bits per heavy atom. The molecule has 8 aliphatic rings. The molecule has 4 bridgehead atoms. The van der Waals surface area contributed by atoms with E-state index in [2.05, 4.69) is 31.4 Å². The monoisotopic (exact) mass is 1800 g/mol. The summed E-state index contributed by atoms with van der Waals surface area (Å²) in [4.78, 5) is 141. The van der Waals surface area contributed by atoms with Gasteiger partial charge in [0.1, 0.15) is 71.2 Å². The Hall–Kier alpha value is -7.35. The number of hydrogen-bond acceptors (Lipinski definition) is 28. The molecule has 10 rings (SSSR count). The molecule has 0 spiro atoms. The summed E-state index contributed by atoms with van der Waals surface area (Å²) >= 11 is 0. The Bertz CT molecular complexity index is 4380. The van der Waals surface area contributed by atoms with Crippen LogP contribution in [0.25, 0.3) is 0 Å². The Morgan fingerprint density at radius 2 is 0.889 bits per heavy atom. The number of aliphatic hydroxyl groups excluding tert-OH is 4. The lowest BCUT2D eigenvalue weighted by Crippen LogP contribution is -2.82. The fourth-order valence-corrected chi connectivity index (χ4v) is 27.3. The molecular weight excluding hydrogens is 1660 g/mol. The second kappa shape index (κ2) is 38.2. The van der Waals surface area contributed by atoms with Crippen LogP contribution in [0.5, 0.6) is 0 Å². The highest BCUT2D eigenvalue weighted by molar-refractivity contribution is 6.74. The first kappa shape index (κ1) is 102. The van der Waals surface area contributed by atoms with E-state index in [-0.39, 0.29) is 78.6 Å². The number of aliphatic hydroxyl groups is 6. The average Bonchev–Trinajstić information content (AvgIpc) is 0.671. The van der Waals surface area contributed by atoms with Gasteiger partial charge in [-0.15, -0.1) is 0 Å². The van der Waals surface area contributed by atoms with E-state index in [1.807, 2.05) is 48.5 Å². The van der Waals surface area contributed by atoms with Crippen LogP contribution in [0.1, 0.15) is 239 Å². The molecule has 2 unspecified atom stereocenters. The molecule has 30 nitrogen and oxygen atoms in total. The van der Waals surface area contributed by atoms with Gasteiger partial charge in [-0.05, 0) is 177 Å². The number of nitrogens with one attached hydrogen (secondary N) is 2. The molecular formula is C94H142N2O28Si2. The van der Waals surface area contributed by atoms with Crippen LogP contribution in [0.2, 0.25) is 36.3 Å². The second-order valence-electron chi connectivity index (χ2n) is 40.5. The number of benzene rings is 2. The van der Waals surface area contributed by atoms with Crippen LogP contribution in [0.15, 0.2) is 83.0 Å². The molecule has 0 radical (unpaired) electrons. The third-order valence-electron chi connectivity index (χ3n) is 29.0. The van der Waals surface area contributed by atoms with Crippen molar-refractivity contribution >= 4 is 76.2 Å². The summed E-state index contributed by atoms with van der Waals surface area (Å²) in [6, 6.07) is 18.3. The number of ketones is 2. The van der Waals surface area contributed by atoms with E-state index in [4.69, 9.17) is 56.2 Å². The molecule has 6 fully saturated rings. The number of rotatable bonds is 28. The summed E-state index contributed by atoms with van der Waals surface area (Å²) < 4.78 is 75.3. The lowest BCUT2D eigenvalue weighted by atomic mass is 9.44. The van der Waals surface area contributed by atoms with Crippen molar-refractivity contribution in [2.45, 2.75) is 374 Å². The van der Waals surface area contributed by atoms with Crippen LogP contribution in [0, 0.1) is 45.3 Å². The summed E-state index contributed by atoms with van der Waals surface area (Å²) in [6.45, 7) is 44.8. The van der Waals surface area contributed by atoms with Gasteiger partial charge in [0.15, 0.2) is 51.6 Å². The zero-order chi connectivity index (χ0) is 94.5. The van der Waals surface area contributed by atoms with Crippen LogP contribution in [0.3, 0.4) is 0 Å². The summed E-state index contributed by atoms with van der Waals surface area (Å²) in [5.74, 6) is -9.73. The van der Waals surface area contributed by atoms with Crippen molar-refractivity contribution in [2.75, 3.05) is 13.2 Å². The molecule has 6 aliphatic carbocycles. The first-order valence-corrected chi connectivity index (χ1v) is 50.0. The molecule has 2 aromatic rings. The van der Waals surface area contributed by atoms with E-state index in [9.17, 15) is 69.0 Å². The maximum Gasteiger partial charge on any atom is 0.407 e. The van der Waals surface area contributed by atoms with Gasteiger partial charge < -0.3 is 97.5 Å². The van der Waals surface area contributed by atoms with Gasteiger partial charge in [0.2, 0.25) is 0 Å². The summed E-state index contributed by atoms with van der Waals surface area (Å²) in [7, 11) is -5.22. The molecule has 0 aromatic heterocycles. The van der Waals surface area contributed by atoms with E-state index >= 15 is 9.59 Å². The predicted molar refractivity (Wildman–Crippen MR) is 467 cm³/mol. The van der Waals surface area contributed by atoms with Gasteiger partial charge in [0, 0.05) is 50.4 Å². The standard InChI is InChI=1S/C53H85NO14Si2.C41H57NO14/c1-17-69(18-2,19-3)67-38-29-39-52(31-62-39,65-34(10)55)43-45(64-46(58)35-26-24-23-25-27-35)53(61)30-37(33(9)40(50(53,14)15)41(56)44(57)51(38,43)16)63-47(59)42(68-70(20-4,21-5)22-6)36(28-32(7)8)54-48(60)66-49(11,12)13;1-20(2)16-24(42-36(50)56-37(5,6)7)29(45)35(49)53-25-18-41(51)33(54-34(48)23-14-12-11-13-15-23)31-39(10,32(47)30(46)28(21(25)3)38(41,8)9)26(44)17-27-40(31,19-52-27)55-22(4)43/h23-27,32,36-39,41-43,45,56,61H,17-22,28-31H2,1-16H3,(H,54,60);11-15,20,24-27,29-31,33,44-46,51H,16-19H2,1-10H3,(H,42,50)/t36-,37-,38-,39+,41+,42?,43-,45-,51+,52-,53+;24-,25-,26-,27+,29?,30+,31-,33-,39+,40-,41+/m00/s1. The zero-order valence-electron chi connectivity index (χ0n) is 78.7. The lowest BCUT2D eigenvalue weighted by molar-refractivity contribution is -0.346. The highest BCUT2D eigenvalue weighted by Crippen LogP contribution is 2.67. The van der Waals surface area contributed by atoms with E-state index in [1.54, 1.807) is 132 Å². The smallest absolute Gasteiger partial charge is 0.407 e. The van der Waals surface area contributed by atoms with Crippen LogP contribution < -0.4 is 10.6 Å². The van der Waals surface area contributed by atoms with Gasteiger partial charge in [-0.25, -0.2) is 28.8 Å². The Labute approximate surface area is 744 Å². The van der Waals surface area contributed by atoms with Gasteiger partial charge in [0.05, 0.1) is 71.3 Å². The summed E-state index contributed by atoms with van der Waals surface area (Å²) in [5.41, 5.74) is -15.8. The number of carbonyl (C=O) groups is 10. The van der Waals surface area contributed by atoms with Crippen molar-refractivity contribution in [1.29, 1.82) is 0 Å². The van der Waals surface area contributed by atoms with Crippen LogP contribution in [-0.4, -0.2) is 239 Å². The van der Waals surface area contributed by atoms with E-state index < -0.39 is 235 Å². The van der Waals surface area contributed by atoms with Gasteiger partial charge in [-0.1, -0.05) is 133 Å². The minimum Gasteiger partial charge on any atom is -0.456 e. The quantitative estimate of drug-likeness (QED) is 0.0170. The molecule has 2 amide bonds. The Kier molecular flexibility index (Phi) is 31.1. The maximum absolute atomic E-state index is 16.0. The fraction of sp³-hybridized carbons (Fsp3) is 0.723. The van der Waals surface area contributed by atoms with Crippen LogP contribution >= 0.6 is 0 Å². The Morgan fingerprint density at radius 3 is 1.25 bits per heavy atom. The number of esters is 6. The molecule has 8 N–H and O–H groups in total. The number of amides is 2. The van der Waals surface area contributed by atoms with E-state index in [0.717, 1.165) is 25.1 Å². The average molecular weight is 1800 g/mol. The van der Waals surface area contributed by atoms with Crippen LogP contribution in [0.4, 0.5) is 9.59 Å². The molecule has 2 saturated heterocycles. The van der Waals surface area contributed by atoms with Crippen molar-refractivity contribution in [3.8, 4) is 0 Å². The van der Waals surface area contributed by atoms with Crippen molar-refractivity contribution in [1.82, 2.24) is 10.6 Å². The number of alkyl carbamates (subject to hydrolysis) is 2. The molecule has 22 atom stereocenters. The maximum atomic E-state index is 16.0. The molecule has 4 saturated carbocycles. The zero-order valence-corrected chi connectivity index (χ0v) is 80.7. The number of carbonyl (C=O) groups excluding carboxylic acids is 10. The molecule has 126 heavy (non-hydrogen) atoms. The predicted octanol–water partition coefficient (Wildman–Crippen LogP) is 11.9. The van der Waals surface area contributed by atoms with Gasteiger partial charge in [0.25, 0.3) is 0 Å². The van der Waals surface area contributed by atoms with Crippen molar-refractivity contribution < 1.29 is 135 Å². The minimum atomic E-state index is -2.64. The van der Waals surface area contributed by atoms with Crippen molar-refractivity contribution in [2.24, 2.45) is 45.3 Å². The van der Waals surface area contributed by atoms with Gasteiger partial charge in [-0.3, -0.25) is 19.2 Å². The topological polar surface area (TPSA) is 427 Å². The van der Waals surface area contributed by atoms with Crippen molar-refractivity contribution in [3.05, 3.63) is 94.1 Å². The molecule has 32 heteroatoms. The number of fused-ring (bicyclic) bond motifs is 10.